The van der Waals surface area contributed by atoms with E-state index in [9.17, 15) is 4.39 Å². The number of halogens is 2. The number of aryl methyl sites for hydroxylation is 1. The molecule has 0 aliphatic carbocycles. The highest BCUT2D eigenvalue weighted by molar-refractivity contribution is 6.20. The van der Waals surface area contributed by atoms with Gasteiger partial charge in [-0.05, 0) is 26.0 Å². The molecule has 0 radical (unpaired) electrons. The van der Waals surface area contributed by atoms with Crippen LogP contribution in [0.5, 0.6) is 0 Å². The molecule has 0 aliphatic rings. The summed E-state index contributed by atoms with van der Waals surface area (Å²) in [5, 5.41) is -0.279. The van der Waals surface area contributed by atoms with E-state index in [1.54, 1.807) is 18.5 Å². The molecule has 0 spiro atoms. The molecule has 0 saturated heterocycles. The second kappa shape index (κ2) is 5.41. The summed E-state index contributed by atoms with van der Waals surface area (Å²) in [4.78, 5) is 13.0. The maximum Gasteiger partial charge on any atom is 0.128 e. The van der Waals surface area contributed by atoms with Gasteiger partial charge in [0.15, 0.2) is 0 Å². The van der Waals surface area contributed by atoms with Gasteiger partial charge in [-0.15, -0.1) is 11.6 Å². The third kappa shape index (κ3) is 2.74. The molecule has 21 heavy (non-hydrogen) atoms. The first kappa shape index (κ1) is 13.9. The highest BCUT2D eigenvalue weighted by Crippen LogP contribution is 2.25. The van der Waals surface area contributed by atoms with Gasteiger partial charge in [0.2, 0.25) is 0 Å². The lowest BCUT2D eigenvalue weighted by Gasteiger charge is -2.10. The van der Waals surface area contributed by atoms with Crippen molar-refractivity contribution in [1.29, 1.82) is 0 Å². The lowest BCUT2D eigenvalue weighted by atomic mass is 10.3. The van der Waals surface area contributed by atoms with E-state index in [0.29, 0.717) is 17.9 Å². The van der Waals surface area contributed by atoms with Gasteiger partial charge in [0.25, 0.3) is 0 Å². The Hall–Kier alpha value is -2.01. The molecule has 2 heterocycles. The Morgan fingerprint density at radius 2 is 2.10 bits per heavy atom. The Bertz CT molecular complexity index is 780. The lowest BCUT2D eigenvalue weighted by molar-refractivity contribution is 0.629. The minimum atomic E-state index is -0.309. The molecule has 0 aliphatic heterocycles. The molecule has 3 rings (SSSR count). The molecule has 0 fully saturated rings. The summed E-state index contributed by atoms with van der Waals surface area (Å²) in [6.07, 6.45) is 3.45. The number of hydrogen-bond acceptors (Lipinski definition) is 3. The van der Waals surface area contributed by atoms with E-state index in [1.807, 2.05) is 18.4 Å². The van der Waals surface area contributed by atoms with Gasteiger partial charge >= 0.3 is 0 Å². The maximum absolute atomic E-state index is 13.3. The zero-order chi connectivity index (χ0) is 15.0. The van der Waals surface area contributed by atoms with Gasteiger partial charge in [-0.2, -0.15) is 0 Å². The number of nitrogens with zero attached hydrogens (tertiary/aromatic N) is 4. The predicted molar refractivity (Wildman–Crippen MR) is 79.8 cm³/mol. The fourth-order valence-corrected chi connectivity index (χ4v) is 2.42. The third-order valence-electron chi connectivity index (χ3n) is 3.25. The Labute approximate surface area is 126 Å². The zero-order valence-electron chi connectivity index (χ0n) is 11.7. The topological polar surface area (TPSA) is 43.6 Å². The van der Waals surface area contributed by atoms with Crippen LogP contribution < -0.4 is 0 Å². The quantitative estimate of drug-likeness (QED) is 0.694. The minimum Gasteiger partial charge on any atom is -0.321 e. The molecule has 0 amide bonds. The number of aromatic nitrogens is 4. The molecule has 0 saturated carbocycles. The van der Waals surface area contributed by atoms with Crippen molar-refractivity contribution in [3.63, 3.8) is 0 Å². The predicted octanol–water partition coefficient (Wildman–Crippen LogP) is 3.62. The summed E-state index contributed by atoms with van der Waals surface area (Å²) < 4.78 is 15.3. The van der Waals surface area contributed by atoms with Crippen LogP contribution in [0.25, 0.3) is 11.0 Å². The summed E-state index contributed by atoms with van der Waals surface area (Å²) in [5.41, 5.74) is 3.10. The number of benzene rings is 1. The van der Waals surface area contributed by atoms with Gasteiger partial charge in [0, 0.05) is 12.3 Å². The van der Waals surface area contributed by atoms with Crippen molar-refractivity contribution < 1.29 is 4.39 Å². The summed E-state index contributed by atoms with van der Waals surface area (Å²) in [6.45, 7) is 4.23. The summed E-state index contributed by atoms with van der Waals surface area (Å²) in [6, 6.07) is 4.54. The van der Waals surface area contributed by atoms with E-state index in [4.69, 9.17) is 11.6 Å². The SMILES string of the molecule is Cc1cnc(Cn2c(C(C)Cl)nc3cc(F)ccc32)cn1. The Balaban J connectivity index is 2.10. The van der Waals surface area contributed by atoms with Crippen LogP contribution in [0.15, 0.2) is 30.6 Å². The molecule has 2 aromatic heterocycles. The van der Waals surface area contributed by atoms with E-state index in [-0.39, 0.29) is 11.2 Å². The second-order valence-corrected chi connectivity index (χ2v) is 5.61. The molecular formula is C15H14ClFN4. The number of alkyl halides is 1. The lowest BCUT2D eigenvalue weighted by Crippen LogP contribution is -2.07. The largest absolute Gasteiger partial charge is 0.321 e. The fraction of sp³-hybridized carbons (Fsp3) is 0.267. The molecule has 1 atom stereocenters. The molecule has 0 bridgehead atoms. The molecule has 3 aromatic rings. The molecular weight excluding hydrogens is 291 g/mol. The summed E-state index contributed by atoms with van der Waals surface area (Å²) in [7, 11) is 0. The van der Waals surface area contributed by atoms with E-state index in [1.165, 1.54) is 12.1 Å². The monoisotopic (exact) mass is 304 g/mol. The van der Waals surface area contributed by atoms with Crippen LogP contribution in [0.4, 0.5) is 4.39 Å². The van der Waals surface area contributed by atoms with Crippen LogP contribution in [0.1, 0.15) is 29.5 Å². The highest BCUT2D eigenvalue weighted by atomic mass is 35.5. The molecule has 4 nitrogen and oxygen atoms in total. The number of imidazole rings is 1. The number of rotatable bonds is 3. The van der Waals surface area contributed by atoms with Crippen LogP contribution in [0.2, 0.25) is 0 Å². The third-order valence-corrected chi connectivity index (χ3v) is 3.45. The van der Waals surface area contributed by atoms with E-state index in [2.05, 4.69) is 15.0 Å². The highest BCUT2D eigenvalue weighted by Gasteiger charge is 2.16. The fourth-order valence-electron chi connectivity index (χ4n) is 2.25. The van der Waals surface area contributed by atoms with Crippen LogP contribution >= 0.6 is 11.6 Å². The average molecular weight is 305 g/mol. The van der Waals surface area contributed by atoms with Gasteiger partial charge in [-0.1, -0.05) is 0 Å². The Kier molecular flexibility index (Phi) is 3.59. The average Bonchev–Trinajstić information content (AvgIpc) is 2.79. The van der Waals surface area contributed by atoms with Crippen molar-refractivity contribution in [2.45, 2.75) is 25.8 Å². The minimum absolute atomic E-state index is 0.279. The molecule has 0 N–H and O–H groups in total. The number of fused-ring (bicyclic) bond motifs is 1. The zero-order valence-corrected chi connectivity index (χ0v) is 12.5. The van der Waals surface area contributed by atoms with Crippen LogP contribution in [-0.4, -0.2) is 19.5 Å². The van der Waals surface area contributed by atoms with Crippen molar-refractivity contribution in [3.8, 4) is 0 Å². The van der Waals surface area contributed by atoms with E-state index < -0.39 is 0 Å². The van der Waals surface area contributed by atoms with Crippen molar-refractivity contribution in [2.75, 3.05) is 0 Å². The molecule has 108 valence electrons. The van der Waals surface area contributed by atoms with Crippen molar-refractivity contribution in [1.82, 2.24) is 19.5 Å². The van der Waals surface area contributed by atoms with Gasteiger partial charge in [0.05, 0.1) is 40.5 Å². The number of hydrogen-bond donors (Lipinski definition) is 0. The van der Waals surface area contributed by atoms with Gasteiger partial charge in [-0.25, -0.2) is 9.37 Å². The Morgan fingerprint density at radius 1 is 1.29 bits per heavy atom. The molecule has 6 heteroatoms. The van der Waals surface area contributed by atoms with Crippen molar-refractivity contribution >= 4 is 22.6 Å². The standard InChI is InChI=1S/C15H14ClFN4/c1-9-6-19-12(7-18-9)8-21-14-4-3-11(17)5-13(14)20-15(21)10(2)16/h3-7,10H,8H2,1-2H3. The van der Waals surface area contributed by atoms with Crippen molar-refractivity contribution in [2.24, 2.45) is 0 Å². The molecule has 1 aromatic carbocycles. The van der Waals surface area contributed by atoms with Crippen LogP contribution in [0.3, 0.4) is 0 Å². The van der Waals surface area contributed by atoms with E-state index >= 15 is 0 Å². The first-order valence-corrected chi connectivity index (χ1v) is 7.05. The van der Waals surface area contributed by atoms with E-state index in [0.717, 1.165) is 16.9 Å². The smallest absolute Gasteiger partial charge is 0.128 e. The first-order valence-electron chi connectivity index (χ1n) is 6.62. The maximum atomic E-state index is 13.3. The van der Waals surface area contributed by atoms with Crippen LogP contribution in [-0.2, 0) is 6.54 Å². The van der Waals surface area contributed by atoms with Crippen molar-refractivity contribution in [3.05, 3.63) is 53.6 Å². The first-order chi connectivity index (χ1) is 10.0. The summed E-state index contributed by atoms with van der Waals surface area (Å²) >= 11 is 6.20. The van der Waals surface area contributed by atoms with Crippen LogP contribution in [0, 0.1) is 12.7 Å². The van der Waals surface area contributed by atoms with Gasteiger partial charge < -0.3 is 4.57 Å². The normalized spacial score (nSPS) is 12.8. The van der Waals surface area contributed by atoms with Gasteiger partial charge in [-0.3, -0.25) is 9.97 Å². The summed E-state index contributed by atoms with van der Waals surface area (Å²) in [5.74, 6) is 0.385. The Morgan fingerprint density at radius 3 is 2.76 bits per heavy atom. The second-order valence-electron chi connectivity index (χ2n) is 4.95. The van der Waals surface area contributed by atoms with Gasteiger partial charge in [0.1, 0.15) is 11.6 Å². The molecule has 1 unspecified atom stereocenters.